The second-order valence-corrected chi connectivity index (χ2v) is 8.40. The fraction of sp³-hybridized carbons (Fsp3) is 0.100. The van der Waals surface area contributed by atoms with Gasteiger partial charge in [0.1, 0.15) is 33.8 Å². The van der Waals surface area contributed by atoms with Crippen molar-refractivity contribution in [3.05, 3.63) is 108 Å². The van der Waals surface area contributed by atoms with Crippen molar-refractivity contribution >= 4 is 84.8 Å². The van der Waals surface area contributed by atoms with Gasteiger partial charge in [0.15, 0.2) is 0 Å². The predicted molar refractivity (Wildman–Crippen MR) is 162 cm³/mol. The third-order valence-electron chi connectivity index (χ3n) is 5.90. The number of rotatable bonds is 0. The van der Waals surface area contributed by atoms with E-state index < -0.39 is 0 Å². The molecule has 0 aliphatic carbocycles. The van der Waals surface area contributed by atoms with Gasteiger partial charge in [0, 0.05) is 86.8 Å². The number of aryl methyl sites for hydroxylation is 3. The van der Waals surface area contributed by atoms with Crippen molar-refractivity contribution in [3.8, 4) is 17.2 Å². The molecule has 9 heteroatoms. The molecule has 0 unspecified atom stereocenters. The van der Waals surface area contributed by atoms with Gasteiger partial charge in [0.05, 0.1) is 0 Å². The van der Waals surface area contributed by atoms with Crippen LogP contribution in [0.25, 0.3) is 32.7 Å². The van der Waals surface area contributed by atoms with Crippen LogP contribution >= 0.6 is 0 Å². The third-order valence-corrected chi connectivity index (χ3v) is 5.90. The molecule has 0 saturated heterocycles. The van der Waals surface area contributed by atoms with Crippen molar-refractivity contribution < 1.29 is 15.3 Å². The minimum absolute atomic E-state index is 0. The molecule has 0 aliphatic heterocycles. The first kappa shape index (κ1) is 33.9. The van der Waals surface area contributed by atoms with Crippen LogP contribution in [0.4, 0.5) is 0 Å². The van der Waals surface area contributed by atoms with E-state index in [0.717, 1.165) is 32.8 Å². The Morgan fingerprint density at radius 2 is 0.667 bits per heavy atom. The van der Waals surface area contributed by atoms with Gasteiger partial charge < -0.3 is 15.3 Å². The zero-order valence-electron chi connectivity index (χ0n) is 22.1. The molecule has 189 valence electrons. The Balaban J connectivity index is 0.000000282. The summed E-state index contributed by atoms with van der Waals surface area (Å²) in [5, 5.41) is 31.3. The fourth-order valence-electron chi connectivity index (χ4n) is 3.90. The highest BCUT2D eigenvalue weighted by Gasteiger charge is 2.02. The number of para-hydroxylation sites is 3. The Kier molecular flexibility index (Phi) is 13.5. The van der Waals surface area contributed by atoms with Crippen molar-refractivity contribution in [1.82, 2.24) is 15.0 Å². The summed E-state index contributed by atoms with van der Waals surface area (Å²) >= 11 is 0. The van der Waals surface area contributed by atoms with Crippen molar-refractivity contribution in [3.63, 3.8) is 0 Å². The SMILES string of the molecule is Cc1ccnc2c(O)cccc12.Cc1ccnc2c(O)cccc12.Cc1ccnc2c(O)cccc12.[Al].[Al].[Al]. The molecule has 3 N–H and O–H groups in total. The van der Waals surface area contributed by atoms with Crippen molar-refractivity contribution in [2.75, 3.05) is 0 Å². The maximum Gasteiger partial charge on any atom is 0.141 e. The van der Waals surface area contributed by atoms with E-state index in [1.165, 1.54) is 0 Å². The molecular weight excluding hydrogens is 531 g/mol. The molecule has 0 bridgehead atoms. The molecule has 3 heterocycles. The van der Waals surface area contributed by atoms with E-state index in [-0.39, 0.29) is 69.3 Å². The topological polar surface area (TPSA) is 99.4 Å². The van der Waals surface area contributed by atoms with Crippen LogP contribution in [0.2, 0.25) is 0 Å². The van der Waals surface area contributed by atoms with Crippen LogP contribution in [0.1, 0.15) is 16.7 Å². The lowest BCUT2D eigenvalue weighted by Gasteiger charge is -2.01. The average molecular weight is 559 g/mol. The molecule has 39 heavy (non-hydrogen) atoms. The highest BCUT2D eigenvalue weighted by atomic mass is 27.0. The van der Waals surface area contributed by atoms with Gasteiger partial charge in [-0.1, -0.05) is 36.4 Å². The van der Waals surface area contributed by atoms with E-state index in [1.807, 2.05) is 75.4 Å². The van der Waals surface area contributed by atoms with Gasteiger partial charge >= 0.3 is 0 Å². The van der Waals surface area contributed by atoms with Crippen LogP contribution in [-0.2, 0) is 0 Å². The number of fused-ring (bicyclic) bond motifs is 3. The third kappa shape index (κ3) is 7.95. The lowest BCUT2D eigenvalue weighted by atomic mass is 10.1. The van der Waals surface area contributed by atoms with Crippen LogP contribution in [0.3, 0.4) is 0 Å². The maximum atomic E-state index is 9.43. The summed E-state index contributed by atoms with van der Waals surface area (Å²) in [5.41, 5.74) is 5.44. The predicted octanol–water partition coefficient (Wildman–Crippen LogP) is 5.60. The van der Waals surface area contributed by atoms with Gasteiger partial charge in [-0.3, -0.25) is 15.0 Å². The summed E-state index contributed by atoms with van der Waals surface area (Å²) in [4.78, 5) is 12.3. The summed E-state index contributed by atoms with van der Waals surface area (Å²) < 4.78 is 0. The molecule has 0 aliphatic rings. The number of pyridine rings is 3. The van der Waals surface area contributed by atoms with Crippen molar-refractivity contribution in [2.24, 2.45) is 0 Å². The zero-order chi connectivity index (χ0) is 25.7. The van der Waals surface area contributed by atoms with Gasteiger partial charge in [-0.05, 0) is 73.9 Å². The number of benzene rings is 3. The van der Waals surface area contributed by atoms with E-state index in [2.05, 4.69) is 15.0 Å². The van der Waals surface area contributed by atoms with Crippen LogP contribution in [-0.4, -0.2) is 82.4 Å². The number of phenolic OH excluding ortho intramolecular Hbond substituents is 3. The van der Waals surface area contributed by atoms with Gasteiger partial charge in [-0.2, -0.15) is 0 Å². The van der Waals surface area contributed by atoms with E-state index in [9.17, 15) is 15.3 Å². The summed E-state index contributed by atoms with van der Waals surface area (Å²) in [7, 11) is 0. The van der Waals surface area contributed by atoms with Crippen LogP contribution < -0.4 is 0 Å². The highest BCUT2D eigenvalue weighted by Crippen LogP contribution is 2.25. The zero-order valence-corrected chi connectivity index (χ0v) is 25.5. The Bertz CT molecular complexity index is 1360. The molecule has 9 radical (unpaired) electrons. The molecule has 6 rings (SSSR count). The highest BCUT2D eigenvalue weighted by molar-refractivity contribution is 5.88. The number of aromatic hydroxyl groups is 3. The first-order chi connectivity index (χ1) is 17.4. The van der Waals surface area contributed by atoms with E-state index >= 15 is 0 Å². The Morgan fingerprint density at radius 3 is 0.897 bits per heavy atom. The average Bonchev–Trinajstić information content (AvgIpc) is 2.87. The summed E-state index contributed by atoms with van der Waals surface area (Å²) in [6.45, 7) is 6.01. The molecule has 6 nitrogen and oxygen atoms in total. The lowest BCUT2D eigenvalue weighted by molar-refractivity contribution is 0.480. The molecular formula is C30H27Al3N3O3. The number of nitrogens with zero attached hydrogens (tertiary/aromatic N) is 3. The number of hydrogen-bond acceptors (Lipinski definition) is 6. The maximum absolute atomic E-state index is 9.43. The minimum Gasteiger partial charge on any atom is -0.506 e. The standard InChI is InChI=1S/3C10H9NO.3Al/c3*1-7-5-6-11-10-8(7)3-2-4-9(10)12;;;/h3*2-6,12H,1H3;;;. The molecule has 0 spiro atoms. The normalized spacial score (nSPS) is 9.62. The fourth-order valence-corrected chi connectivity index (χ4v) is 3.90. The van der Waals surface area contributed by atoms with Gasteiger partial charge in [0.2, 0.25) is 0 Å². The molecule has 3 aromatic heterocycles. The molecule has 0 saturated carbocycles. The van der Waals surface area contributed by atoms with E-state index in [1.54, 1.807) is 36.8 Å². The van der Waals surface area contributed by atoms with Crippen molar-refractivity contribution in [1.29, 1.82) is 0 Å². The first-order valence-corrected chi connectivity index (χ1v) is 11.5. The molecule has 0 atom stereocenters. The molecule has 3 aromatic carbocycles. The first-order valence-electron chi connectivity index (χ1n) is 11.5. The van der Waals surface area contributed by atoms with Crippen molar-refractivity contribution in [2.45, 2.75) is 20.8 Å². The second kappa shape index (κ2) is 15.5. The molecule has 6 aromatic rings. The Morgan fingerprint density at radius 1 is 0.410 bits per heavy atom. The van der Waals surface area contributed by atoms with Crippen LogP contribution in [0.5, 0.6) is 17.2 Å². The molecule has 0 fully saturated rings. The van der Waals surface area contributed by atoms with Crippen LogP contribution in [0, 0.1) is 20.8 Å². The van der Waals surface area contributed by atoms with E-state index in [0.29, 0.717) is 16.6 Å². The quantitative estimate of drug-likeness (QED) is 0.210. The van der Waals surface area contributed by atoms with Gasteiger partial charge in [-0.15, -0.1) is 0 Å². The summed E-state index contributed by atoms with van der Waals surface area (Å²) in [5.74, 6) is 0.739. The largest absolute Gasteiger partial charge is 0.506 e. The smallest absolute Gasteiger partial charge is 0.141 e. The monoisotopic (exact) mass is 558 g/mol. The lowest BCUT2D eigenvalue weighted by Crippen LogP contribution is -1.81. The Labute approximate surface area is 259 Å². The second-order valence-electron chi connectivity index (χ2n) is 8.40. The van der Waals surface area contributed by atoms with Gasteiger partial charge in [0.25, 0.3) is 0 Å². The van der Waals surface area contributed by atoms with E-state index in [4.69, 9.17) is 0 Å². The number of aromatic nitrogens is 3. The minimum atomic E-state index is 0. The Hall–Kier alpha value is -3.11. The summed E-state index contributed by atoms with van der Waals surface area (Å²) in [6, 6.07) is 22.1. The molecule has 0 amide bonds. The number of phenols is 3. The summed E-state index contributed by atoms with van der Waals surface area (Å²) in [6.07, 6.45) is 5.12. The van der Waals surface area contributed by atoms with Gasteiger partial charge in [-0.25, -0.2) is 0 Å². The van der Waals surface area contributed by atoms with Crippen LogP contribution in [0.15, 0.2) is 91.4 Å². The number of hydrogen-bond donors (Lipinski definition) is 3.